The van der Waals surface area contributed by atoms with E-state index in [1.54, 1.807) is 22.9 Å². The van der Waals surface area contributed by atoms with Gasteiger partial charge in [-0.15, -0.1) is 0 Å². The summed E-state index contributed by atoms with van der Waals surface area (Å²) < 4.78 is 15.1. The van der Waals surface area contributed by atoms with Gasteiger partial charge < -0.3 is 5.32 Å². The second-order valence-corrected chi connectivity index (χ2v) is 8.40. The number of nitrogens with zero attached hydrogens (tertiary/aromatic N) is 2. The van der Waals surface area contributed by atoms with Gasteiger partial charge in [0.05, 0.1) is 17.4 Å². The normalized spacial score (nSPS) is 10.9. The molecule has 0 unspecified atom stereocenters. The van der Waals surface area contributed by atoms with Crippen molar-refractivity contribution < 1.29 is 9.18 Å². The zero-order valence-corrected chi connectivity index (χ0v) is 19.2. The van der Waals surface area contributed by atoms with E-state index in [0.29, 0.717) is 11.4 Å². The Morgan fingerprint density at radius 3 is 2.03 bits per heavy atom. The summed E-state index contributed by atoms with van der Waals surface area (Å²) in [6, 6.07) is 35.1. The van der Waals surface area contributed by atoms with Gasteiger partial charge in [-0.1, -0.05) is 72.8 Å². The van der Waals surface area contributed by atoms with Crippen molar-refractivity contribution in [3.63, 3.8) is 0 Å². The second-order valence-electron chi connectivity index (χ2n) is 8.40. The molecule has 0 saturated heterocycles. The standard InChI is InChI=1S/C30H24FN3O/c1-21-9-8-14-26(19-21)34-28(20-27(33-34)22-15-17-25(31)18-16-22)30(35)32-29(23-10-4-2-5-11-23)24-12-6-3-7-13-24/h2-20,29H,1H3,(H,32,35). The van der Waals surface area contributed by atoms with Crippen molar-refractivity contribution >= 4 is 5.91 Å². The summed E-state index contributed by atoms with van der Waals surface area (Å²) in [5.41, 5.74) is 5.51. The summed E-state index contributed by atoms with van der Waals surface area (Å²) >= 11 is 0. The Bertz CT molecular complexity index is 1400. The third kappa shape index (κ3) is 4.89. The Kier molecular flexibility index (Phi) is 6.22. The molecule has 0 atom stereocenters. The molecule has 5 heteroatoms. The monoisotopic (exact) mass is 461 g/mol. The molecule has 35 heavy (non-hydrogen) atoms. The number of benzene rings is 4. The van der Waals surface area contributed by atoms with Crippen LogP contribution in [0.25, 0.3) is 16.9 Å². The summed E-state index contributed by atoms with van der Waals surface area (Å²) in [7, 11) is 0. The molecule has 0 radical (unpaired) electrons. The number of hydrogen-bond donors (Lipinski definition) is 1. The maximum absolute atomic E-state index is 13.7. The number of aryl methyl sites for hydroxylation is 1. The minimum Gasteiger partial charge on any atom is -0.340 e. The average molecular weight is 462 g/mol. The van der Waals surface area contributed by atoms with E-state index in [1.807, 2.05) is 91.9 Å². The van der Waals surface area contributed by atoms with E-state index < -0.39 is 0 Å². The predicted molar refractivity (Wildman–Crippen MR) is 136 cm³/mol. The number of hydrogen-bond acceptors (Lipinski definition) is 2. The average Bonchev–Trinajstić information content (AvgIpc) is 3.34. The summed E-state index contributed by atoms with van der Waals surface area (Å²) in [6.07, 6.45) is 0. The van der Waals surface area contributed by atoms with Crippen molar-refractivity contribution in [2.45, 2.75) is 13.0 Å². The van der Waals surface area contributed by atoms with Gasteiger partial charge in [0.15, 0.2) is 0 Å². The Morgan fingerprint density at radius 2 is 1.43 bits per heavy atom. The first kappa shape index (κ1) is 22.3. The number of amides is 1. The van der Waals surface area contributed by atoms with E-state index in [1.165, 1.54) is 12.1 Å². The highest BCUT2D eigenvalue weighted by Crippen LogP contribution is 2.26. The number of rotatable bonds is 6. The van der Waals surface area contributed by atoms with Crippen LogP contribution in [0.5, 0.6) is 0 Å². The van der Waals surface area contributed by atoms with E-state index in [9.17, 15) is 9.18 Å². The van der Waals surface area contributed by atoms with Gasteiger partial charge in [0.1, 0.15) is 11.5 Å². The van der Waals surface area contributed by atoms with E-state index in [4.69, 9.17) is 5.10 Å². The maximum atomic E-state index is 13.7. The third-order valence-electron chi connectivity index (χ3n) is 5.87. The molecule has 4 aromatic carbocycles. The topological polar surface area (TPSA) is 46.9 Å². The molecule has 0 fully saturated rings. The van der Waals surface area contributed by atoms with Crippen LogP contribution in [0.1, 0.15) is 33.2 Å². The van der Waals surface area contributed by atoms with Gasteiger partial charge in [-0.2, -0.15) is 5.10 Å². The second kappa shape index (κ2) is 9.77. The summed E-state index contributed by atoms with van der Waals surface area (Å²) in [6.45, 7) is 1.99. The van der Waals surface area contributed by atoms with Gasteiger partial charge in [-0.05, 0) is 66.1 Å². The lowest BCUT2D eigenvalue weighted by molar-refractivity contribution is 0.0935. The number of carbonyl (C=O) groups is 1. The largest absolute Gasteiger partial charge is 0.340 e. The SMILES string of the molecule is Cc1cccc(-n2nc(-c3ccc(F)cc3)cc2C(=O)NC(c2ccccc2)c2ccccc2)c1. The van der Waals surface area contributed by atoms with E-state index in [0.717, 1.165) is 27.9 Å². The summed E-state index contributed by atoms with van der Waals surface area (Å²) in [4.78, 5) is 13.7. The van der Waals surface area contributed by atoms with Crippen LogP contribution in [0.15, 0.2) is 115 Å². The minimum atomic E-state index is -0.333. The van der Waals surface area contributed by atoms with Gasteiger partial charge in [-0.25, -0.2) is 9.07 Å². The molecular weight excluding hydrogens is 437 g/mol. The van der Waals surface area contributed by atoms with Gasteiger partial charge >= 0.3 is 0 Å². The van der Waals surface area contributed by atoms with Crippen LogP contribution < -0.4 is 5.32 Å². The number of aromatic nitrogens is 2. The Hall–Kier alpha value is -4.51. The molecule has 1 amide bonds. The van der Waals surface area contributed by atoms with Crippen molar-refractivity contribution in [1.82, 2.24) is 15.1 Å². The predicted octanol–water partition coefficient (Wildman–Crippen LogP) is 6.51. The molecule has 1 aromatic heterocycles. The minimum absolute atomic E-state index is 0.259. The van der Waals surface area contributed by atoms with Crippen molar-refractivity contribution in [1.29, 1.82) is 0 Å². The molecule has 0 saturated carbocycles. The number of carbonyl (C=O) groups excluding carboxylic acids is 1. The van der Waals surface area contributed by atoms with Gasteiger partial charge in [-0.3, -0.25) is 4.79 Å². The van der Waals surface area contributed by atoms with Crippen molar-refractivity contribution in [3.05, 3.63) is 143 Å². The lowest BCUT2D eigenvalue weighted by Crippen LogP contribution is -2.31. The molecule has 1 N–H and O–H groups in total. The van der Waals surface area contributed by atoms with Gasteiger partial charge in [0.25, 0.3) is 5.91 Å². The van der Waals surface area contributed by atoms with Gasteiger partial charge in [0.2, 0.25) is 0 Å². The van der Waals surface area contributed by atoms with Crippen LogP contribution in [-0.2, 0) is 0 Å². The van der Waals surface area contributed by atoms with Crippen LogP contribution in [0, 0.1) is 12.7 Å². The quantitative estimate of drug-likeness (QED) is 0.313. The molecular formula is C30H24FN3O. The highest BCUT2D eigenvalue weighted by atomic mass is 19.1. The number of nitrogens with one attached hydrogen (secondary N) is 1. The van der Waals surface area contributed by atoms with Crippen molar-refractivity contribution in [2.24, 2.45) is 0 Å². The number of halogens is 1. The first-order chi connectivity index (χ1) is 17.1. The van der Waals surface area contributed by atoms with Crippen LogP contribution >= 0.6 is 0 Å². The zero-order chi connectivity index (χ0) is 24.2. The Balaban J connectivity index is 1.57. The zero-order valence-electron chi connectivity index (χ0n) is 19.2. The fourth-order valence-corrected chi connectivity index (χ4v) is 4.12. The van der Waals surface area contributed by atoms with Crippen LogP contribution in [0.3, 0.4) is 0 Å². The van der Waals surface area contributed by atoms with Gasteiger partial charge in [0, 0.05) is 5.56 Å². The Labute approximate surface area is 203 Å². The van der Waals surface area contributed by atoms with Crippen molar-refractivity contribution in [3.8, 4) is 16.9 Å². The van der Waals surface area contributed by atoms with Crippen LogP contribution in [0.4, 0.5) is 4.39 Å². The molecule has 0 aliphatic carbocycles. The fraction of sp³-hybridized carbons (Fsp3) is 0.0667. The fourth-order valence-electron chi connectivity index (χ4n) is 4.12. The van der Waals surface area contributed by atoms with Crippen LogP contribution in [-0.4, -0.2) is 15.7 Å². The first-order valence-corrected chi connectivity index (χ1v) is 11.4. The molecule has 4 nitrogen and oxygen atoms in total. The van der Waals surface area contributed by atoms with Crippen LogP contribution in [0.2, 0.25) is 0 Å². The van der Waals surface area contributed by atoms with E-state index in [2.05, 4.69) is 5.32 Å². The molecule has 0 aliphatic heterocycles. The lowest BCUT2D eigenvalue weighted by Gasteiger charge is -2.20. The molecule has 0 spiro atoms. The molecule has 0 aliphatic rings. The molecule has 172 valence electrons. The summed E-state index contributed by atoms with van der Waals surface area (Å²) in [5.74, 6) is -0.580. The highest BCUT2D eigenvalue weighted by molar-refractivity contribution is 5.95. The Morgan fingerprint density at radius 1 is 0.800 bits per heavy atom. The van der Waals surface area contributed by atoms with E-state index in [-0.39, 0.29) is 17.8 Å². The molecule has 1 heterocycles. The molecule has 5 rings (SSSR count). The molecule has 5 aromatic rings. The smallest absolute Gasteiger partial charge is 0.270 e. The first-order valence-electron chi connectivity index (χ1n) is 11.4. The molecule has 0 bridgehead atoms. The third-order valence-corrected chi connectivity index (χ3v) is 5.87. The summed E-state index contributed by atoms with van der Waals surface area (Å²) in [5, 5.41) is 7.93. The lowest BCUT2D eigenvalue weighted by atomic mass is 9.98. The van der Waals surface area contributed by atoms with Crippen molar-refractivity contribution in [2.75, 3.05) is 0 Å². The highest BCUT2D eigenvalue weighted by Gasteiger charge is 2.22. The maximum Gasteiger partial charge on any atom is 0.270 e. The van der Waals surface area contributed by atoms with E-state index >= 15 is 0 Å².